The van der Waals surface area contributed by atoms with Crippen molar-refractivity contribution in [2.24, 2.45) is 0 Å². The summed E-state index contributed by atoms with van der Waals surface area (Å²) in [6, 6.07) is 2.73. The number of thiazole rings is 1. The number of rotatable bonds is 0. The number of phenols is 1. The van der Waals surface area contributed by atoms with E-state index < -0.39 is 11.6 Å². The molecule has 62 valence electrons. The number of aromatic hydroxyl groups is 1. The highest BCUT2D eigenvalue weighted by Crippen LogP contribution is 2.31. The third-order valence-electron chi connectivity index (χ3n) is 1.50. The number of anilines is 1. The van der Waals surface area contributed by atoms with E-state index in [1.165, 1.54) is 17.4 Å². The van der Waals surface area contributed by atoms with E-state index in [0.29, 0.717) is 9.83 Å². The smallest absolute Gasteiger partial charge is 0.181 e. The average Bonchev–Trinajstić information content (AvgIpc) is 2.39. The molecule has 0 aliphatic rings. The van der Waals surface area contributed by atoms with Crippen LogP contribution in [0.4, 0.5) is 9.52 Å². The Bertz CT molecular complexity index is 440. The maximum absolute atomic E-state index is 12.7. The molecule has 0 unspecified atom stereocenters. The van der Waals surface area contributed by atoms with Gasteiger partial charge in [-0.15, -0.1) is 0 Å². The molecule has 1 aromatic heterocycles. The number of nitrogens with zero attached hydrogens (tertiary/aromatic N) is 1. The summed E-state index contributed by atoms with van der Waals surface area (Å²) < 4.78 is 13.4. The van der Waals surface area contributed by atoms with E-state index in [9.17, 15) is 9.50 Å². The molecule has 0 aliphatic heterocycles. The average molecular weight is 184 g/mol. The number of hydrogen-bond acceptors (Lipinski definition) is 4. The number of benzene rings is 1. The largest absolute Gasteiger partial charge is 0.503 e. The predicted octanol–water partition coefficient (Wildman–Crippen LogP) is 1.72. The van der Waals surface area contributed by atoms with Crippen LogP contribution in [0.15, 0.2) is 12.1 Å². The summed E-state index contributed by atoms with van der Waals surface area (Å²) in [5.74, 6) is -1.10. The van der Waals surface area contributed by atoms with Crippen LogP contribution in [-0.4, -0.2) is 10.1 Å². The lowest BCUT2D eigenvalue weighted by molar-refractivity contribution is 0.438. The highest BCUT2D eigenvalue weighted by molar-refractivity contribution is 7.22. The lowest BCUT2D eigenvalue weighted by atomic mass is 10.3. The van der Waals surface area contributed by atoms with Crippen LogP contribution >= 0.6 is 11.3 Å². The quantitative estimate of drug-likeness (QED) is 0.655. The first kappa shape index (κ1) is 7.30. The highest BCUT2D eigenvalue weighted by atomic mass is 32.1. The lowest BCUT2D eigenvalue weighted by Crippen LogP contribution is -1.81. The van der Waals surface area contributed by atoms with Gasteiger partial charge in [0.2, 0.25) is 0 Å². The van der Waals surface area contributed by atoms with Crippen molar-refractivity contribution in [1.29, 1.82) is 0 Å². The third kappa shape index (κ3) is 0.902. The monoisotopic (exact) mass is 184 g/mol. The van der Waals surface area contributed by atoms with E-state index >= 15 is 0 Å². The SMILES string of the molecule is Nc1nc2c(O)c(F)ccc2s1. The van der Waals surface area contributed by atoms with Gasteiger partial charge in [-0.1, -0.05) is 11.3 Å². The Morgan fingerprint density at radius 1 is 1.50 bits per heavy atom. The Morgan fingerprint density at radius 2 is 2.25 bits per heavy atom. The van der Waals surface area contributed by atoms with Crippen molar-refractivity contribution >= 4 is 26.7 Å². The Kier molecular flexibility index (Phi) is 1.41. The maximum atomic E-state index is 12.7. The summed E-state index contributed by atoms with van der Waals surface area (Å²) in [6.07, 6.45) is 0. The van der Waals surface area contributed by atoms with Crippen molar-refractivity contribution in [3.63, 3.8) is 0 Å². The molecular weight excluding hydrogens is 179 g/mol. The second-order valence-electron chi connectivity index (χ2n) is 2.29. The van der Waals surface area contributed by atoms with E-state index in [0.717, 1.165) is 0 Å². The number of nitrogens with two attached hydrogens (primary N) is 1. The fourth-order valence-electron chi connectivity index (χ4n) is 0.973. The number of fused-ring (bicyclic) bond motifs is 1. The van der Waals surface area contributed by atoms with Gasteiger partial charge in [-0.2, -0.15) is 0 Å². The van der Waals surface area contributed by atoms with Gasteiger partial charge < -0.3 is 10.8 Å². The fraction of sp³-hybridized carbons (Fsp3) is 0. The van der Waals surface area contributed by atoms with Crippen molar-refractivity contribution in [2.45, 2.75) is 0 Å². The van der Waals surface area contributed by atoms with E-state index in [4.69, 9.17) is 5.73 Å². The molecule has 0 radical (unpaired) electrons. The zero-order valence-corrected chi connectivity index (χ0v) is 6.73. The standard InChI is InChI=1S/C7H5FN2OS/c8-3-1-2-4-5(6(3)11)10-7(9)12-4/h1-2,11H,(H2,9,10). The van der Waals surface area contributed by atoms with Gasteiger partial charge in [0.1, 0.15) is 5.52 Å². The minimum atomic E-state index is -0.673. The minimum Gasteiger partial charge on any atom is -0.503 e. The lowest BCUT2D eigenvalue weighted by Gasteiger charge is -1.93. The van der Waals surface area contributed by atoms with Crippen LogP contribution in [0, 0.1) is 5.82 Å². The van der Waals surface area contributed by atoms with Gasteiger partial charge in [-0.25, -0.2) is 9.37 Å². The number of nitrogen functional groups attached to an aromatic ring is 1. The van der Waals surface area contributed by atoms with Crippen LogP contribution < -0.4 is 5.73 Å². The molecule has 0 atom stereocenters. The van der Waals surface area contributed by atoms with E-state index in [1.807, 2.05) is 0 Å². The first-order chi connectivity index (χ1) is 5.68. The number of phenolic OH excluding ortho intramolecular Hbond substituents is 1. The summed E-state index contributed by atoms with van der Waals surface area (Å²) in [6.45, 7) is 0. The van der Waals surface area contributed by atoms with Crippen LogP contribution in [0.2, 0.25) is 0 Å². The molecule has 0 fully saturated rings. The van der Waals surface area contributed by atoms with Gasteiger partial charge in [0, 0.05) is 0 Å². The molecular formula is C7H5FN2OS. The topological polar surface area (TPSA) is 59.1 Å². The van der Waals surface area contributed by atoms with Crippen molar-refractivity contribution in [1.82, 2.24) is 4.98 Å². The second-order valence-corrected chi connectivity index (χ2v) is 3.36. The summed E-state index contributed by atoms with van der Waals surface area (Å²) in [7, 11) is 0. The molecule has 0 bridgehead atoms. The zero-order chi connectivity index (χ0) is 8.72. The molecule has 0 saturated carbocycles. The molecule has 2 rings (SSSR count). The predicted molar refractivity (Wildman–Crippen MR) is 45.7 cm³/mol. The molecule has 3 nitrogen and oxygen atoms in total. The molecule has 12 heavy (non-hydrogen) atoms. The Balaban J connectivity index is 2.89. The number of aromatic nitrogens is 1. The molecule has 5 heteroatoms. The van der Waals surface area contributed by atoms with Crippen molar-refractivity contribution in [3.05, 3.63) is 17.9 Å². The van der Waals surface area contributed by atoms with E-state index in [1.54, 1.807) is 6.07 Å². The summed E-state index contributed by atoms with van der Waals surface area (Å²) in [4.78, 5) is 3.78. The molecule has 1 aromatic carbocycles. The van der Waals surface area contributed by atoms with Crippen molar-refractivity contribution in [3.8, 4) is 5.75 Å². The number of hydrogen-bond donors (Lipinski definition) is 2. The molecule has 0 saturated heterocycles. The van der Waals surface area contributed by atoms with E-state index in [2.05, 4.69) is 4.98 Å². The summed E-state index contributed by atoms with van der Waals surface area (Å²) >= 11 is 1.21. The van der Waals surface area contributed by atoms with Crippen LogP contribution in [0.3, 0.4) is 0 Å². The highest BCUT2D eigenvalue weighted by Gasteiger charge is 2.09. The van der Waals surface area contributed by atoms with Gasteiger partial charge in [0.25, 0.3) is 0 Å². The van der Waals surface area contributed by atoms with Crippen LogP contribution in [-0.2, 0) is 0 Å². The van der Waals surface area contributed by atoms with Gasteiger partial charge in [0.15, 0.2) is 16.7 Å². The van der Waals surface area contributed by atoms with Crippen molar-refractivity contribution in [2.75, 3.05) is 5.73 Å². The molecule has 0 spiro atoms. The van der Waals surface area contributed by atoms with E-state index in [-0.39, 0.29) is 5.52 Å². The Hall–Kier alpha value is -1.36. The molecule has 0 amide bonds. The first-order valence-corrected chi connectivity index (χ1v) is 4.03. The molecule has 3 N–H and O–H groups in total. The summed E-state index contributed by atoms with van der Waals surface area (Å²) in [5.41, 5.74) is 5.62. The van der Waals surface area contributed by atoms with Crippen LogP contribution in [0.5, 0.6) is 5.75 Å². The maximum Gasteiger partial charge on any atom is 0.181 e. The second kappa shape index (κ2) is 2.31. The van der Waals surface area contributed by atoms with Gasteiger partial charge >= 0.3 is 0 Å². The number of halogens is 1. The first-order valence-electron chi connectivity index (χ1n) is 3.22. The summed E-state index contributed by atoms with van der Waals surface area (Å²) in [5, 5.41) is 9.51. The Labute approximate surface area is 71.3 Å². The molecule has 1 heterocycles. The zero-order valence-electron chi connectivity index (χ0n) is 5.91. The van der Waals surface area contributed by atoms with Gasteiger partial charge in [-0.3, -0.25) is 0 Å². The van der Waals surface area contributed by atoms with Crippen LogP contribution in [0.25, 0.3) is 10.2 Å². The molecule has 2 aromatic rings. The third-order valence-corrected chi connectivity index (χ3v) is 2.35. The fourth-order valence-corrected chi connectivity index (χ4v) is 1.71. The molecule has 0 aliphatic carbocycles. The Morgan fingerprint density at radius 3 is 3.00 bits per heavy atom. The van der Waals surface area contributed by atoms with Crippen LogP contribution in [0.1, 0.15) is 0 Å². The van der Waals surface area contributed by atoms with Crippen molar-refractivity contribution < 1.29 is 9.50 Å². The minimum absolute atomic E-state index is 0.234. The van der Waals surface area contributed by atoms with Gasteiger partial charge in [-0.05, 0) is 12.1 Å². The van der Waals surface area contributed by atoms with Gasteiger partial charge in [0.05, 0.1) is 4.70 Å². The normalized spacial score (nSPS) is 10.8.